The molecule has 0 heterocycles. The maximum absolute atomic E-state index is 10.3. The Balaban J connectivity index is -0.000000356. The predicted molar refractivity (Wildman–Crippen MR) is 63.5 cm³/mol. The van der Waals surface area contributed by atoms with Crippen LogP contribution in [-0.2, 0) is 12.6 Å². The second-order valence-electron chi connectivity index (χ2n) is 2.51. The fraction of sp³-hybridized carbons (Fsp3) is 0.200. The van der Waals surface area contributed by atoms with Crippen molar-refractivity contribution in [2.45, 2.75) is 6.92 Å². The van der Waals surface area contributed by atoms with Crippen LogP contribution in [0.4, 0.5) is 0 Å². The van der Waals surface area contributed by atoms with Crippen molar-refractivity contribution < 1.29 is 25.3 Å². The van der Waals surface area contributed by atoms with E-state index in [0.717, 1.165) is 11.8 Å². The van der Waals surface area contributed by atoms with Gasteiger partial charge in [-0.25, -0.2) is 0 Å². The summed E-state index contributed by atoms with van der Waals surface area (Å²) in [5, 5.41) is 20.5. The van der Waals surface area contributed by atoms with Gasteiger partial charge in [-0.2, -0.15) is 0 Å². The van der Waals surface area contributed by atoms with Crippen molar-refractivity contribution in [3.8, 4) is 0 Å². The molecule has 0 aliphatic rings. The van der Waals surface area contributed by atoms with E-state index < -0.39 is 11.9 Å². The van der Waals surface area contributed by atoms with Crippen LogP contribution in [0.1, 0.15) is 27.6 Å². The fourth-order valence-corrected chi connectivity index (χ4v) is 0.773. The SMILES string of the molecule is CC[SH2+].O=C([O-])c1cccc(C(=O)[O-])c1.[Mg+2].[OH-]. The molecule has 0 aliphatic heterocycles. The van der Waals surface area contributed by atoms with Crippen LogP contribution in [0.15, 0.2) is 24.3 Å². The van der Waals surface area contributed by atoms with E-state index in [9.17, 15) is 19.8 Å². The van der Waals surface area contributed by atoms with Crippen LogP contribution in [0.2, 0.25) is 0 Å². The van der Waals surface area contributed by atoms with Crippen LogP contribution in [0, 0.1) is 0 Å². The standard InChI is InChI=1S/C8H6O4.C2H6S.Mg.H2O/c9-7(10)5-2-1-3-6(4-5)8(11)12;1-2-3;;/h1-4H,(H,9,10)(H,11,12);3H,2H2,1H3;;1H2/q;;+2;/p-2. The van der Waals surface area contributed by atoms with Crippen LogP contribution in [-0.4, -0.2) is 46.2 Å². The van der Waals surface area contributed by atoms with Gasteiger partial charge in [0.25, 0.3) is 0 Å². The molecule has 0 aromatic heterocycles. The Labute approximate surface area is 121 Å². The van der Waals surface area contributed by atoms with E-state index in [1.807, 2.05) is 6.92 Å². The van der Waals surface area contributed by atoms with E-state index in [1.54, 1.807) is 0 Å². The van der Waals surface area contributed by atoms with Gasteiger partial charge in [0.15, 0.2) is 0 Å². The molecule has 90 valence electrons. The van der Waals surface area contributed by atoms with Crippen LogP contribution in [0.3, 0.4) is 0 Å². The summed E-state index contributed by atoms with van der Waals surface area (Å²) in [6, 6.07) is 4.81. The summed E-state index contributed by atoms with van der Waals surface area (Å²) >= 11 is 3.18. The molecular formula is C10H12MgO5S. The Kier molecular flexibility index (Phi) is 14.8. The minimum Gasteiger partial charge on any atom is -0.870 e. The maximum atomic E-state index is 10.3. The molecule has 0 unspecified atom stereocenters. The van der Waals surface area contributed by atoms with E-state index in [4.69, 9.17) is 0 Å². The first-order valence-corrected chi connectivity index (χ1v) is 4.91. The molecule has 1 N–H and O–H groups in total. The molecule has 7 heteroatoms. The molecule has 1 aromatic carbocycles. The number of rotatable bonds is 2. The Morgan fingerprint density at radius 1 is 1.18 bits per heavy atom. The number of benzene rings is 1. The molecule has 0 amide bonds. The smallest absolute Gasteiger partial charge is 0.870 e. The van der Waals surface area contributed by atoms with Gasteiger partial charge in [0.05, 0.1) is 11.9 Å². The van der Waals surface area contributed by atoms with Crippen molar-refractivity contribution in [2.24, 2.45) is 0 Å². The second-order valence-corrected chi connectivity index (χ2v) is 3.22. The Morgan fingerprint density at radius 2 is 1.47 bits per heavy atom. The van der Waals surface area contributed by atoms with Gasteiger partial charge < -0.3 is 25.3 Å². The zero-order chi connectivity index (χ0) is 11.8. The summed E-state index contributed by atoms with van der Waals surface area (Å²) in [6.45, 7) is 2.04. The summed E-state index contributed by atoms with van der Waals surface area (Å²) in [6.07, 6.45) is 0. The van der Waals surface area contributed by atoms with E-state index in [-0.39, 0.29) is 39.7 Å². The van der Waals surface area contributed by atoms with E-state index >= 15 is 0 Å². The van der Waals surface area contributed by atoms with Crippen molar-refractivity contribution in [1.29, 1.82) is 0 Å². The van der Waals surface area contributed by atoms with Crippen LogP contribution in [0.5, 0.6) is 0 Å². The van der Waals surface area contributed by atoms with Crippen molar-refractivity contribution in [1.82, 2.24) is 0 Å². The Morgan fingerprint density at radius 3 is 1.71 bits per heavy atom. The largest absolute Gasteiger partial charge is 2.00 e. The van der Waals surface area contributed by atoms with E-state index in [2.05, 4.69) is 12.6 Å². The maximum Gasteiger partial charge on any atom is 2.00 e. The molecular weight excluding hydrogens is 256 g/mol. The van der Waals surface area contributed by atoms with Crippen molar-refractivity contribution in [3.63, 3.8) is 0 Å². The van der Waals surface area contributed by atoms with Gasteiger partial charge in [-0.3, -0.25) is 0 Å². The van der Waals surface area contributed by atoms with Gasteiger partial charge >= 0.3 is 23.1 Å². The molecule has 0 atom stereocenters. The zero-order valence-corrected chi connectivity index (χ0v) is 11.7. The van der Waals surface area contributed by atoms with Crippen molar-refractivity contribution >= 4 is 47.6 Å². The van der Waals surface area contributed by atoms with Gasteiger partial charge in [0.2, 0.25) is 0 Å². The molecule has 17 heavy (non-hydrogen) atoms. The first-order valence-electron chi connectivity index (χ1n) is 4.20. The number of hydrogen-bond acceptors (Lipinski definition) is 5. The molecule has 0 spiro atoms. The molecule has 0 aliphatic carbocycles. The number of carboxylic acids is 2. The summed E-state index contributed by atoms with van der Waals surface area (Å²) in [7, 11) is 0. The van der Waals surface area contributed by atoms with Crippen molar-refractivity contribution in [2.75, 3.05) is 5.75 Å². The number of hydrogen-bond donors (Lipinski definition) is 0. The van der Waals surface area contributed by atoms with Gasteiger partial charge in [-0.05, 0) is 36.7 Å². The number of carboxylic acid groups (broad SMARTS) is 2. The van der Waals surface area contributed by atoms with Crippen LogP contribution in [0.25, 0.3) is 0 Å². The third-order valence-corrected chi connectivity index (χ3v) is 1.33. The first kappa shape index (κ1) is 21.5. The molecule has 0 saturated carbocycles. The van der Waals surface area contributed by atoms with Gasteiger partial charge in [0, 0.05) is 0 Å². The third kappa shape index (κ3) is 8.99. The molecule has 0 radical (unpaired) electrons. The van der Waals surface area contributed by atoms with E-state index in [0.29, 0.717) is 0 Å². The third-order valence-electron chi connectivity index (χ3n) is 1.33. The summed E-state index contributed by atoms with van der Waals surface area (Å²) < 4.78 is 0. The fourth-order valence-electron chi connectivity index (χ4n) is 0.773. The number of carbonyl (C=O) groups is 2. The van der Waals surface area contributed by atoms with Crippen molar-refractivity contribution in [3.05, 3.63) is 35.4 Å². The second kappa shape index (κ2) is 11.7. The summed E-state index contributed by atoms with van der Waals surface area (Å²) in [5.41, 5.74) is -0.339. The minimum atomic E-state index is -1.40. The molecule has 1 aromatic rings. The summed E-state index contributed by atoms with van der Waals surface area (Å²) in [5.74, 6) is -1.75. The Bertz CT molecular complexity index is 327. The molecule has 0 bridgehead atoms. The normalized spacial score (nSPS) is 7.65. The van der Waals surface area contributed by atoms with Crippen LogP contribution < -0.4 is 10.2 Å². The van der Waals surface area contributed by atoms with E-state index in [1.165, 1.54) is 18.2 Å². The monoisotopic (exact) mass is 268 g/mol. The predicted octanol–water partition coefficient (Wildman–Crippen LogP) is -2.13. The zero-order valence-electron chi connectivity index (χ0n) is 9.30. The molecule has 0 saturated heterocycles. The molecule has 1 rings (SSSR count). The number of carbonyl (C=O) groups excluding carboxylic acids is 2. The molecule has 5 nitrogen and oxygen atoms in total. The topological polar surface area (TPSA) is 110 Å². The van der Waals surface area contributed by atoms with Crippen LogP contribution >= 0.6 is 0 Å². The van der Waals surface area contributed by atoms with Gasteiger partial charge in [0.1, 0.15) is 5.75 Å². The average molecular weight is 269 g/mol. The number of aromatic carboxylic acids is 2. The Hall–Kier alpha value is -0.764. The van der Waals surface area contributed by atoms with Gasteiger partial charge in [-0.15, -0.1) is 0 Å². The van der Waals surface area contributed by atoms with Gasteiger partial charge in [-0.1, -0.05) is 18.2 Å². The quantitative estimate of drug-likeness (QED) is 0.449. The molecule has 0 fully saturated rings. The average Bonchev–Trinajstić information content (AvgIpc) is 2.19. The summed E-state index contributed by atoms with van der Waals surface area (Å²) in [4.78, 5) is 20.5. The first-order chi connectivity index (χ1) is 7.02. The minimum absolute atomic E-state index is 0.